The summed E-state index contributed by atoms with van der Waals surface area (Å²) in [6, 6.07) is 17.4. The van der Waals surface area contributed by atoms with E-state index >= 15 is 0 Å². The van der Waals surface area contributed by atoms with Crippen LogP contribution in [0.15, 0.2) is 71.5 Å². The Labute approximate surface area is 196 Å². The maximum atomic E-state index is 14.7. The van der Waals surface area contributed by atoms with Crippen LogP contribution in [0.25, 0.3) is 32.7 Å². The van der Waals surface area contributed by atoms with Gasteiger partial charge in [-0.05, 0) is 56.0 Å². The van der Waals surface area contributed by atoms with Gasteiger partial charge in [0.05, 0.1) is 17.2 Å². The van der Waals surface area contributed by atoms with E-state index in [2.05, 4.69) is 23.3 Å². The average molecular weight is 458 g/mol. The lowest BCUT2D eigenvalue weighted by Gasteiger charge is -2.10. The van der Waals surface area contributed by atoms with E-state index in [1.807, 2.05) is 49.4 Å². The quantitative estimate of drug-likeness (QED) is 0.258. The van der Waals surface area contributed by atoms with Gasteiger partial charge in [-0.25, -0.2) is 14.4 Å². The maximum Gasteiger partial charge on any atom is 0.166 e. The molecule has 0 saturated carbocycles. The van der Waals surface area contributed by atoms with Crippen LogP contribution < -0.4 is 5.32 Å². The highest BCUT2D eigenvalue weighted by molar-refractivity contribution is 7.18. The van der Waals surface area contributed by atoms with Crippen molar-refractivity contribution in [1.82, 2.24) is 9.97 Å². The molecule has 5 rings (SSSR count). The first-order valence-corrected chi connectivity index (χ1v) is 11.8. The summed E-state index contributed by atoms with van der Waals surface area (Å²) >= 11 is 1.65. The first kappa shape index (κ1) is 21.3. The molecule has 0 saturated heterocycles. The third kappa shape index (κ3) is 4.66. The monoisotopic (exact) mass is 457 g/mol. The van der Waals surface area contributed by atoms with Crippen molar-refractivity contribution in [3.63, 3.8) is 0 Å². The number of furan rings is 1. The Balaban J connectivity index is 1.27. The van der Waals surface area contributed by atoms with Crippen LogP contribution in [-0.2, 0) is 6.42 Å². The molecule has 3 heterocycles. The highest BCUT2D eigenvalue weighted by Gasteiger charge is 2.13. The van der Waals surface area contributed by atoms with Crippen LogP contribution in [0.1, 0.15) is 22.4 Å². The van der Waals surface area contributed by atoms with Gasteiger partial charge >= 0.3 is 0 Å². The minimum Gasteiger partial charge on any atom is -0.472 e. The molecule has 0 radical (unpaired) electrons. The molecule has 0 bridgehead atoms. The Morgan fingerprint density at radius 2 is 1.82 bits per heavy atom. The Morgan fingerprint density at radius 1 is 0.970 bits per heavy atom. The van der Waals surface area contributed by atoms with Gasteiger partial charge in [0.1, 0.15) is 22.7 Å². The zero-order chi connectivity index (χ0) is 22.8. The molecular formula is C27H24FN3OS. The third-order valence-corrected chi connectivity index (χ3v) is 6.57. The summed E-state index contributed by atoms with van der Waals surface area (Å²) in [6.45, 7) is 4.83. The molecule has 0 aliphatic heterocycles. The van der Waals surface area contributed by atoms with Gasteiger partial charge in [-0.2, -0.15) is 0 Å². The van der Waals surface area contributed by atoms with Gasteiger partial charge in [0.25, 0.3) is 0 Å². The second kappa shape index (κ2) is 9.16. The van der Waals surface area contributed by atoms with Crippen LogP contribution in [0, 0.1) is 19.7 Å². The van der Waals surface area contributed by atoms with Crippen molar-refractivity contribution >= 4 is 27.4 Å². The number of anilines is 1. The van der Waals surface area contributed by atoms with Gasteiger partial charge in [-0.3, -0.25) is 0 Å². The molecule has 166 valence electrons. The highest BCUT2D eigenvalue weighted by Crippen LogP contribution is 2.31. The summed E-state index contributed by atoms with van der Waals surface area (Å²) < 4.78 is 19.9. The normalized spacial score (nSPS) is 11.2. The van der Waals surface area contributed by atoms with Gasteiger partial charge in [0.2, 0.25) is 0 Å². The number of halogens is 1. The smallest absolute Gasteiger partial charge is 0.166 e. The number of hydrogen-bond donors (Lipinski definition) is 1. The van der Waals surface area contributed by atoms with Crippen molar-refractivity contribution < 1.29 is 8.81 Å². The van der Waals surface area contributed by atoms with Crippen molar-refractivity contribution in [2.24, 2.45) is 0 Å². The van der Waals surface area contributed by atoms with E-state index in [1.54, 1.807) is 29.9 Å². The first-order chi connectivity index (χ1) is 16.1. The minimum atomic E-state index is -0.180. The SMILES string of the molecule is Cc1ccc(-c2ccc(CCCNc3nc(-c4ccoc4)nc4sc(C)cc34)cc2F)cc1. The van der Waals surface area contributed by atoms with Crippen molar-refractivity contribution in [3.05, 3.63) is 88.9 Å². The second-order valence-electron chi connectivity index (χ2n) is 8.19. The molecule has 33 heavy (non-hydrogen) atoms. The number of rotatable bonds is 7. The number of hydrogen-bond acceptors (Lipinski definition) is 5. The standard InChI is InChI=1S/C27H24FN3OS/c1-17-5-8-20(9-6-17)22-10-7-19(15-24(22)28)4-3-12-29-26-23-14-18(2)33-27(23)31-25(30-26)21-11-13-32-16-21/h5-11,13-16H,3-4,12H2,1-2H3,(H,29,30,31). The molecule has 0 atom stereocenters. The number of aromatic nitrogens is 2. The average Bonchev–Trinajstić information content (AvgIpc) is 3.47. The Hall–Kier alpha value is -3.51. The van der Waals surface area contributed by atoms with Crippen LogP contribution in [0.4, 0.5) is 10.2 Å². The van der Waals surface area contributed by atoms with Crippen LogP contribution in [0.2, 0.25) is 0 Å². The van der Waals surface area contributed by atoms with Crippen LogP contribution >= 0.6 is 11.3 Å². The van der Waals surface area contributed by atoms with E-state index in [0.29, 0.717) is 11.4 Å². The molecule has 0 unspecified atom stereocenters. The highest BCUT2D eigenvalue weighted by atomic mass is 32.1. The first-order valence-electron chi connectivity index (χ1n) is 11.0. The number of fused-ring (bicyclic) bond motifs is 1. The van der Waals surface area contributed by atoms with Crippen LogP contribution in [0.3, 0.4) is 0 Å². The van der Waals surface area contributed by atoms with Gasteiger partial charge in [0.15, 0.2) is 5.82 Å². The van der Waals surface area contributed by atoms with Gasteiger partial charge in [-0.1, -0.05) is 42.0 Å². The summed E-state index contributed by atoms with van der Waals surface area (Å²) in [5.41, 5.74) is 4.55. The molecule has 0 fully saturated rings. The van der Waals surface area contributed by atoms with Gasteiger partial charge < -0.3 is 9.73 Å². The summed E-state index contributed by atoms with van der Waals surface area (Å²) in [6.07, 6.45) is 4.92. The van der Waals surface area contributed by atoms with Gasteiger partial charge in [-0.15, -0.1) is 11.3 Å². The Morgan fingerprint density at radius 3 is 2.58 bits per heavy atom. The number of aryl methyl sites for hydroxylation is 3. The summed E-state index contributed by atoms with van der Waals surface area (Å²) in [5, 5.41) is 4.49. The van der Waals surface area contributed by atoms with Crippen molar-refractivity contribution in [1.29, 1.82) is 0 Å². The maximum absolute atomic E-state index is 14.7. The van der Waals surface area contributed by atoms with Crippen LogP contribution in [-0.4, -0.2) is 16.5 Å². The molecule has 0 spiro atoms. The molecule has 4 nitrogen and oxygen atoms in total. The molecule has 6 heteroatoms. The fraction of sp³-hybridized carbons (Fsp3) is 0.185. The summed E-state index contributed by atoms with van der Waals surface area (Å²) in [4.78, 5) is 11.6. The Bertz CT molecular complexity index is 1390. The van der Waals surface area contributed by atoms with E-state index in [-0.39, 0.29) is 5.82 Å². The zero-order valence-corrected chi connectivity index (χ0v) is 19.4. The van der Waals surface area contributed by atoms with Crippen molar-refractivity contribution in [2.75, 3.05) is 11.9 Å². The number of nitrogens with zero attached hydrogens (tertiary/aromatic N) is 2. The predicted octanol–water partition coefficient (Wildman–Crippen LogP) is 7.42. The third-order valence-electron chi connectivity index (χ3n) is 5.63. The summed E-state index contributed by atoms with van der Waals surface area (Å²) in [5.74, 6) is 1.29. The predicted molar refractivity (Wildman–Crippen MR) is 133 cm³/mol. The molecule has 3 aromatic heterocycles. The van der Waals surface area contributed by atoms with E-state index < -0.39 is 0 Å². The van der Waals surface area contributed by atoms with E-state index in [1.165, 1.54) is 10.4 Å². The molecule has 0 amide bonds. The molecule has 1 N–H and O–H groups in total. The fourth-order valence-electron chi connectivity index (χ4n) is 3.88. The lowest BCUT2D eigenvalue weighted by Crippen LogP contribution is -2.06. The van der Waals surface area contributed by atoms with Crippen molar-refractivity contribution in [2.45, 2.75) is 26.7 Å². The van der Waals surface area contributed by atoms with E-state index in [0.717, 1.165) is 52.1 Å². The molecule has 0 aliphatic rings. The van der Waals surface area contributed by atoms with Crippen LogP contribution in [0.5, 0.6) is 0 Å². The molecule has 0 aliphatic carbocycles. The van der Waals surface area contributed by atoms with E-state index in [4.69, 9.17) is 9.40 Å². The summed E-state index contributed by atoms with van der Waals surface area (Å²) in [7, 11) is 0. The lowest BCUT2D eigenvalue weighted by atomic mass is 10.0. The number of thiophene rings is 1. The molecule has 2 aromatic carbocycles. The fourth-order valence-corrected chi connectivity index (χ4v) is 4.76. The Kier molecular flexibility index (Phi) is 5.92. The van der Waals surface area contributed by atoms with E-state index in [9.17, 15) is 4.39 Å². The van der Waals surface area contributed by atoms with Crippen molar-refractivity contribution in [3.8, 4) is 22.5 Å². The largest absolute Gasteiger partial charge is 0.472 e. The number of nitrogens with one attached hydrogen (secondary N) is 1. The zero-order valence-electron chi connectivity index (χ0n) is 18.6. The number of benzene rings is 2. The molecular weight excluding hydrogens is 433 g/mol. The topological polar surface area (TPSA) is 51.0 Å². The van der Waals surface area contributed by atoms with Gasteiger partial charge in [0, 0.05) is 17.0 Å². The minimum absolute atomic E-state index is 0.180. The second-order valence-corrected chi connectivity index (χ2v) is 9.43. The molecule has 5 aromatic rings. The lowest BCUT2D eigenvalue weighted by molar-refractivity contribution is 0.568.